The molecule has 0 aliphatic heterocycles. The van der Waals surface area contributed by atoms with E-state index in [1.165, 1.54) is 14.2 Å². The minimum atomic E-state index is -3.97. The molecule has 0 aromatic heterocycles. The molecular formula is C25H28N2O5S. The van der Waals surface area contributed by atoms with Crippen molar-refractivity contribution in [2.45, 2.75) is 24.7 Å². The lowest BCUT2D eigenvalue weighted by Crippen LogP contribution is -2.35. The van der Waals surface area contributed by atoms with Gasteiger partial charge in [0.2, 0.25) is 15.9 Å². The molecule has 8 heteroatoms. The number of carbonyl (C=O) groups excluding carboxylic acids is 1. The second-order valence-electron chi connectivity index (χ2n) is 7.79. The molecule has 0 aliphatic rings. The lowest BCUT2D eigenvalue weighted by atomic mass is 10.0. The zero-order valence-electron chi connectivity index (χ0n) is 19.1. The van der Waals surface area contributed by atoms with Crippen molar-refractivity contribution in [3.63, 3.8) is 0 Å². The lowest BCUT2D eigenvalue weighted by Gasteiger charge is -2.20. The van der Waals surface area contributed by atoms with E-state index in [4.69, 9.17) is 9.47 Å². The Hall–Kier alpha value is -3.36. The summed E-state index contributed by atoms with van der Waals surface area (Å²) in [6.07, 6.45) is 0. The third-order valence-corrected chi connectivity index (χ3v) is 6.87. The molecule has 0 aliphatic carbocycles. The molecule has 3 rings (SSSR count). The van der Waals surface area contributed by atoms with Crippen molar-refractivity contribution >= 4 is 21.6 Å². The first-order valence-corrected chi connectivity index (χ1v) is 11.9. The molecule has 0 atom stereocenters. The smallest absolute Gasteiger partial charge is 0.246 e. The number of anilines is 1. The zero-order chi connectivity index (χ0) is 24.0. The highest BCUT2D eigenvalue weighted by atomic mass is 32.2. The summed E-state index contributed by atoms with van der Waals surface area (Å²) in [6, 6.07) is 21.2. The summed E-state index contributed by atoms with van der Waals surface area (Å²) < 4.78 is 38.6. The van der Waals surface area contributed by atoms with Gasteiger partial charge in [-0.25, -0.2) is 8.42 Å². The standard InChI is InChI=1S/C25H28N2O5S/c1-18(2)19-14-15-23(31-4)24(16-19)33(29,30)27(3)17-25(28)26-21-12-8-9-13-22(21)32-20-10-6-5-7-11-20/h5-16,18H,17H2,1-4H3,(H,26,28). The van der Waals surface area contributed by atoms with E-state index in [-0.39, 0.29) is 23.1 Å². The molecule has 3 aromatic carbocycles. The van der Waals surface area contributed by atoms with Gasteiger partial charge in [-0.1, -0.05) is 50.2 Å². The van der Waals surface area contributed by atoms with Gasteiger partial charge in [0.25, 0.3) is 0 Å². The molecule has 0 heterocycles. The largest absolute Gasteiger partial charge is 0.495 e. The highest BCUT2D eigenvalue weighted by molar-refractivity contribution is 7.89. The minimum Gasteiger partial charge on any atom is -0.495 e. The maximum Gasteiger partial charge on any atom is 0.246 e. The van der Waals surface area contributed by atoms with Crippen molar-refractivity contribution in [1.82, 2.24) is 4.31 Å². The average Bonchev–Trinajstić information content (AvgIpc) is 2.80. The third kappa shape index (κ3) is 5.91. The van der Waals surface area contributed by atoms with Crippen LogP contribution >= 0.6 is 0 Å². The predicted octanol–water partition coefficient (Wildman–Crippen LogP) is 4.87. The molecule has 174 valence electrons. The second kappa shape index (κ2) is 10.5. The maximum absolute atomic E-state index is 13.2. The van der Waals surface area contributed by atoms with E-state index in [0.29, 0.717) is 17.2 Å². The van der Waals surface area contributed by atoms with Gasteiger partial charge in [-0.05, 0) is 47.9 Å². The number of benzene rings is 3. The number of amides is 1. The zero-order valence-corrected chi connectivity index (χ0v) is 19.9. The number of hydrogen-bond acceptors (Lipinski definition) is 5. The van der Waals surface area contributed by atoms with E-state index in [0.717, 1.165) is 9.87 Å². The first kappa shape index (κ1) is 24.3. The predicted molar refractivity (Wildman–Crippen MR) is 128 cm³/mol. The topological polar surface area (TPSA) is 84.9 Å². The molecule has 0 saturated heterocycles. The van der Waals surface area contributed by atoms with Gasteiger partial charge in [0, 0.05) is 7.05 Å². The molecule has 0 unspecified atom stereocenters. The number of methoxy groups -OCH3 is 1. The van der Waals surface area contributed by atoms with Crippen molar-refractivity contribution < 1.29 is 22.7 Å². The first-order chi connectivity index (χ1) is 15.7. The van der Waals surface area contributed by atoms with Crippen LogP contribution in [0.25, 0.3) is 0 Å². The van der Waals surface area contributed by atoms with Gasteiger partial charge in [-0.3, -0.25) is 4.79 Å². The van der Waals surface area contributed by atoms with Crippen molar-refractivity contribution in [3.8, 4) is 17.2 Å². The SMILES string of the molecule is COc1ccc(C(C)C)cc1S(=O)(=O)N(C)CC(=O)Nc1ccccc1Oc1ccccc1. The fraction of sp³-hybridized carbons (Fsp3) is 0.240. The van der Waals surface area contributed by atoms with E-state index in [1.54, 1.807) is 48.5 Å². The third-order valence-electron chi connectivity index (χ3n) is 5.04. The van der Waals surface area contributed by atoms with Gasteiger partial charge in [0.15, 0.2) is 5.75 Å². The van der Waals surface area contributed by atoms with Gasteiger partial charge in [-0.15, -0.1) is 0 Å². The number of sulfonamides is 1. The minimum absolute atomic E-state index is 0.0271. The Morgan fingerprint density at radius 2 is 1.64 bits per heavy atom. The molecular weight excluding hydrogens is 440 g/mol. The fourth-order valence-corrected chi connectivity index (χ4v) is 4.49. The van der Waals surface area contributed by atoms with Gasteiger partial charge in [0.1, 0.15) is 16.4 Å². The number of likely N-dealkylation sites (N-methyl/N-ethyl adjacent to an activating group) is 1. The van der Waals surface area contributed by atoms with Crippen LogP contribution in [-0.2, 0) is 14.8 Å². The number of rotatable bonds is 9. The van der Waals surface area contributed by atoms with Crippen molar-refractivity contribution in [1.29, 1.82) is 0 Å². The van der Waals surface area contributed by atoms with Gasteiger partial charge >= 0.3 is 0 Å². The monoisotopic (exact) mass is 468 g/mol. The number of hydrogen-bond donors (Lipinski definition) is 1. The summed E-state index contributed by atoms with van der Waals surface area (Å²) in [7, 11) is -1.19. The Labute approximate surface area is 195 Å². The van der Waals surface area contributed by atoms with Crippen LogP contribution in [0.5, 0.6) is 17.2 Å². The summed E-state index contributed by atoms with van der Waals surface area (Å²) in [5.74, 6) is 0.946. The fourth-order valence-electron chi connectivity index (χ4n) is 3.17. The van der Waals surface area contributed by atoms with E-state index in [9.17, 15) is 13.2 Å². The van der Waals surface area contributed by atoms with Crippen LogP contribution in [0.15, 0.2) is 77.7 Å². The highest BCUT2D eigenvalue weighted by Crippen LogP contribution is 2.31. The van der Waals surface area contributed by atoms with E-state index in [2.05, 4.69) is 5.32 Å². The van der Waals surface area contributed by atoms with E-state index >= 15 is 0 Å². The molecule has 0 spiro atoms. The van der Waals surface area contributed by atoms with Crippen molar-refractivity contribution in [3.05, 3.63) is 78.4 Å². The summed E-state index contributed by atoms with van der Waals surface area (Å²) in [5, 5.41) is 2.74. The lowest BCUT2D eigenvalue weighted by molar-refractivity contribution is -0.116. The Bertz CT molecular complexity index is 1210. The Balaban J connectivity index is 1.77. The normalized spacial score (nSPS) is 11.5. The summed E-state index contributed by atoms with van der Waals surface area (Å²) in [5.41, 5.74) is 1.30. The Kier molecular flexibility index (Phi) is 7.73. The van der Waals surface area contributed by atoms with E-state index in [1.807, 2.05) is 38.1 Å². The van der Waals surface area contributed by atoms with E-state index < -0.39 is 15.9 Å². The average molecular weight is 469 g/mol. The van der Waals surface area contributed by atoms with Crippen molar-refractivity contribution in [2.24, 2.45) is 0 Å². The number of nitrogens with one attached hydrogen (secondary N) is 1. The summed E-state index contributed by atoms with van der Waals surface area (Å²) in [4.78, 5) is 12.8. The Morgan fingerprint density at radius 1 is 0.970 bits per heavy atom. The molecule has 7 nitrogen and oxygen atoms in total. The molecule has 0 bridgehead atoms. The molecule has 3 aromatic rings. The van der Waals surface area contributed by atoms with Crippen molar-refractivity contribution in [2.75, 3.05) is 26.0 Å². The van der Waals surface area contributed by atoms with Crippen LogP contribution in [0.1, 0.15) is 25.3 Å². The number of ether oxygens (including phenoxy) is 2. The summed E-state index contributed by atoms with van der Waals surface area (Å²) in [6.45, 7) is 3.58. The van der Waals surface area contributed by atoms with Crippen LogP contribution in [-0.4, -0.2) is 39.3 Å². The van der Waals surface area contributed by atoms with Crippen LogP contribution < -0.4 is 14.8 Å². The molecule has 0 fully saturated rings. The number of carbonyl (C=O) groups is 1. The summed E-state index contributed by atoms with van der Waals surface area (Å²) >= 11 is 0. The second-order valence-corrected chi connectivity index (χ2v) is 9.80. The number of nitrogens with zero attached hydrogens (tertiary/aromatic N) is 1. The molecule has 1 N–H and O–H groups in total. The molecule has 0 saturated carbocycles. The van der Waals surface area contributed by atoms with Crippen LogP contribution in [0, 0.1) is 0 Å². The van der Waals surface area contributed by atoms with Crippen LogP contribution in [0.4, 0.5) is 5.69 Å². The highest BCUT2D eigenvalue weighted by Gasteiger charge is 2.27. The quantitative estimate of drug-likeness (QED) is 0.484. The maximum atomic E-state index is 13.2. The molecule has 1 amide bonds. The Morgan fingerprint density at radius 3 is 2.30 bits per heavy atom. The number of para-hydroxylation sites is 3. The van der Waals surface area contributed by atoms with Gasteiger partial charge in [0.05, 0.1) is 19.3 Å². The first-order valence-electron chi connectivity index (χ1n) is 10.5. The molecule has 0 radical (unpaired) electrons. The van der Waals surface area contributed by atoms with Crippen LogP contribution in [0.3, 0.4) is 0 Å². The molecule has 33 heavy (non-hydrogen) atoms. The van der Waals surface area contributed by atoms with Gasteiger partial charge < -0.3 is 14.8 Å². The van der Waals surface area contributed by atoms with Crippen LogP contribution in [0.2, 0.25) is 0 Å². The van der Waals surface area contributed by atoms with Gasteiger partial charge in [-0.2, -0.15) is 4.31 Å².